The number of hydrogen-bond acceptors (Lipinski definition) is 8. The maximum absolute atomic E-state index is 12.2. The summed E-state index contributed by atoms with van der Waals surface area (Å²) in [6.45, 7) is 3.56. The second-order valence-corrected chi connectivity index (χ2v) is 9.42. The molecule has 0 fully saturated rings. The van der Waals surface area contributed by atoms with Gasteiger partial charge in [-0.1, -0.05) is 19.1 Å². The maximum Gasteiger partial charge on any atom is 0.229 e. The lowest BCUT2D eigenvalue weighted by Crippen LogP contribution is -2.21. The SMILES string of the molecule is CCS(=N)(=O)c1ccc(Nc2ncc(-c3ccc(OC)cc3)c(N[C@H](C)CO)n2)cc1. The average molecular weight is 442 g/mol. The van der Waals surface area contributed by atoms with E-state index in [1.165, 1.54) is 0 Å². The Kier molecular flexibility index (Phi) is 7.09. The predicted octanol–water partition coefficient (Wildman–Crippen LogP) is 4.11. The normalized spacial score (nSPS) is 13.8. The van der Waals surface area contributed by atoms with Gasteiger partial charge in [0.05, 0.1) is 23.4 Å². The molecule has 0 bridgehead atoms. The van der Waals surface area contributed by atoms with Crippen molar-refractivity contribution in [3.8, 4) is 16.9 Å². The highest BCUT2D eigenvalue weighted by Crippen LogP contribution is 2.29. The number of aromatic nitrogens is 2. The van der Waals surface area contributed by atoms with E-state index >= 15 is 0 Å². The van der Waals surface area contributed by atoms with E-state index in [0.717, 1.165) is 16.9 Å². The number of aliphatic hydroxyl groups excluding tert-OH is 1. The van der Waals surface area contributed by atoms with Crippen LogP contribution in [0.25, 0.3) is 11.1 Å². The van der Waals surface area contributed by atoms with Crippen molar-refractivity contribution in [3.63, 3.8) is 0 Å². The second-order valence-electron chi connectivity index (χ2n) is 7.03. The summed E-state index contributed by atoms with van der Waals surface area (Å²) < 4.78 is 25.3. The third-order valence-corrected chi connectivity index (χ3v) is 6.59. The van der Waals surface area contributed by atoms with Crippen LogP contribution in [-0.2, 0) is 9.73 Å². The Morgan fingerprint density at radius 1 is 1.16 bits per heavy atom. The van der Waals surface area contributed by atoms with Crippen molar-refractivity contribution < 1.29 is 14.1 Å². The summed E-state index contributed by atoms with van der Waals surface area (Å²) in [5, 5.41) is 15.8. The minimum absolute atomic E-state index is 0.0416. The number of nitrogens with zero attached hydrogens (tertiary/aromatic N) is 2. The molecule has 1 aromatic heterocycles. The van der Waals surface area contributed by atoms with Crippen molar-refractivity contribution in [3.05, 3.63) is 54.7 Å². The zero-order chi connectivity index (χ0) is 22.4. The van der Waals surface area contributed by atoms with Gasteiger partial charge in [0.25, 0.3) is 0 Å². The van der Waals surface area contributed by atoms with Gasteiger partial charge in [0, 0.05) is 34.1 Å². The molecule has 164 valence electrons. The largest absolute Gasteiger partial charge is 0.497 e. The molecule has 3 aromatic rings. The van der Waals surface area contributed by atoms with Gasteiger partial charge < -0.3 is 20.5 Å². The lowest BCUT2D eigenvalue weighted by atomic mass is 10.1. The van der Waals surface area contributed by atoms with Gasteiger partial charge in [-0.15, -0.1) is 0 Å². The molecular weight excluding hydrogens is 414 g/mol. The van der Waals surface area contributed by atoms with Gasteiger partial charge in [-0.05, 0) is 48.9 Å². The van der Waals surface area contributed by atoms with Crippen molar-refractivity contribution in [1.82, 2.24) is 9.97 Å². The van der Waals surface area contributed by atoms with Crippen LogP contribution in [0.15, 0.2) is 59.6 Å². The number of aliphatic hydroxyl groups is 1. The van der Waals surface area contributed by atoms with Crippen molar-refractivity contribution in [2.75, 3.05) is 30.1 Å². The van der Waals surface area contributed by atoms with Crippen LogP contribution >= 0.6 is 0 Å². The van der Waals surface area contributed by atoms with Crippen LogP contribution in [0.2, 0.25) is 0 Å². The van der Waals surface area contributed by atoms with Crippen LogP contribution in [-0.4, -0.2) is 44.8 Å². The number of anilines is 3. The first-order valence-corrected chi connectivity index (χ1v) is 11.6. The predicted molar refractivity (Wildman–Crippen MR) is 124 cm³/mol. The van der Waals surface area contributed by atoms with E-state index in [1.807, 2.05) is 31.2 Å². The summed E-state index contributed by atoms with van der Waals surface area (Å²) in [5.41, 5.74) is 2.42. The Morgan fingerprint density at radius 2 is 1.84 bits per heavy atom. The minimum Gasteiger partial charge on any atom is -0.497 e. The fourth-order valence-corrected chi connectivity index (χ4v) is 3.78. The molecule has 1 heterocycles. The van der Waals surface area contributed by atoms with Crippen LogP contribution in [0.5, 0.6) is 5.75 Å². The number of rotatable bonds is 9. The number of nitrogens with one attached hydrogen (secondary N) is 3. The summed E-state index contributed by atoms with van der Waals surface area (Å²) in [7, 11) is -1.14. The number of hydrogen-bond donors (Lipinski definition) is 4. The molecule has 9 heteroatoms. The van der Waals surface area contributed by atoms with Gasteiger partial charge in [-0.2, -0.15) is 4.98 Å². The lowest BCUT2D eigenvalue weighted by molar-refractivity contribution is 0.281. The zero-order valence-electron chi connectivity index (χ0n) is 17.8. The molecule has 4 N–H and O–H groups in total. The van der Waals surface area contributed by atoms with Crippen LogP contribution in [0.1, 0.15) is 13.8 Å². The first-order chi connectivity index (χ1) is 14.9. The molecule has 1 unspecified atom stereocenters. The van der Waals surface area contributed by atoms with Crippen LogP contribution in [0.4, 0.5) is 17.5 Å². The molecule has 31 heavy (non-hydrogen) atoms. The van der Waals surface area contributed by atoms with Crippen molar-refractivity contribution >= 4 is 27.2 Å². The van der Waals surface area contributed by atoms with Gasteiger partial charge in [-0.3, -0.25) is 0 Å². The summed E-state index contributed by atoms with van der Waals surface area (Å²) in [6, 6.07) is 14.2. The zero-order valence-corrected chi connectivity index (χ0v) is 18.6. The van der Waals surface area contributed by atoms with Crippen LogP contribution < -0.4 is 15.4 Å². The minimum atomic E-state index is -2.75. The Bertz CT molecular complexity index is 1120. The van der Waals surface area contributed by atoms with Gasteiger partial charge in [0.15, 0.2) is 0 Å². The first kappa shape index (κ1) is 22.5. The first-order valence-electron chi connectivity index (χ1n) is 9.88. The Hall–Kier alpha value is -3.17. The topological polar surface area (TPSA) is 120 Å². The molecule has 3 rings (SSSR count). The van der Waals surface area contributed by atoms with E-state index in [4.69, 9.17) is 9.52 Å². The molecule has 0 aliphatic rings. The molecule has 2 atom stereocenters. The van der Waals surface area contributed by atoms with Crippen molar-refractivity contribution in [1.29, 1.82) is 4.78 Å². The van der Waals surface area contributed by atoms with Crippen LogP contribution in [0.3, 0.4) is 0 Å². The second kappa shape index (κ2) is 9.76. The molecule has 0 aliphatic heterocycles. The Balaban J connectivity index is 1.90. The summed E-state index contributed by atoms with van der Waals surface area (Å²) in [5.74, 6) is 1.98. The van der Waals surface area contributed by atoms with Crippen molar-refractivity contribution in [2.24, 2.45) is 0 Å². The number of ether oxygens (including phenoxy) is 1. The average Bonchev–Trinajstić information content (AvgIpc) is 2.79. The van der Waals surface area contributed by atoms with Crippen molar-refractivity contribution in [2.45, 2.75) is 24.8 Å². The molecule has 0 spiro atoms. The quantitative estimate of drug-likeness (QED) is 0.394. The van der Waals surface area contributed by atoms with Gasteiger partial charge in [0.1, 0.15) is 11.6 Å². The summed E-state index contributed by atoms with van der Waals surface area (Å²) >= 11 is 0. The van der Waals surface area contributed by atoms with Crippen LogP contribution in [0, 0.1) is 4.78 Å². The molecule has 0 amide bonds. The molecular formula is C22H27N5O3S. The molecule has 0 saturated carbocycles. The van der Waals surface area contributed by atoms with E-state index in [-0.39, 0.29) is 18.4 Å². The molecule has 0 saturated heterocycles. The highest BCUT2D eigenvalue weighted by molar-refractivity contribution is 7.92. The van der Waals surface area contributed by atoms with Gasteiger partial charge >= 0.3 is 0 Å². The Morgan fingerprint density at radius 3 is 2.42 bits per heavy atom. The van der Waals surface area contributed by atoms with E-state index in [9.17, 15) is 9.32 Å². The highest BCUT2D eigenvalue weighted by atomic mass is 32.2. The molecule has 2 aromatic carbocycles. The van der Waals surface area contributed by atoms with Gasteiger partial charge in [0.2, 0.25) is 5.95 Å². The Labute approximate surface area is 182 Å². The fraction of sp³-hybridized carbons (Fsp3) is 0.273. The van der Waals surface area contributed by atoms with E-state index in [1.54, 1.807) is 44.5 Å². The monoisotopic (exact) mass is 441 g/mol. The summed E-state index contributed by atoms with van der Waals surface area (Å²) in [6.07, 6.45) is 1.71. The van der Waals surface area contributed by atoms with E-state index in [0.29, 0.717) is 22.3 Å². The maximum atomic E-state index is 12.2. The lowest BCUT2D eigenvalue weighted by Gasteiger charge is -2.17. The molecule has 0 radical (unpaired) electrons. The smallest absolute Gasteiger partial charge is 0.229 e. The fourth-order valence-electron chi connectivity index (χ4n) is 2.87. The summed E-state index contributed by atoms with van der Waals surface area (Å²) in [4.78, 5) is 9.51. The molecule has 0 aliphatic carbocycles. The number of benzene rings is 2. The third-order valence-electron chi connectivity index (χ3n) is 4.74. The third kappa shape index (κ3) is 5.50. The van der Waals surface area contributed by atoms with E-state index in [2.05, 4.69) is 20.6 Å². The number of methoxy groups -OCH3 is 1. The molecule has 8 nitrogen and oxygen atoms in total. The highest BCUT2D eigenvalue weighted by Gasteiger charge is 2.13. The standard InChI is InChI=1S/C22H27N5O3S/c1-4-31(23,29)19-11-7-17(8-12-19)26-22-24-13-20(21(27-22)25-15(2)14-28)16-5-9-18(30-3)10-6-16/h5-13,15,23,28H,4,14H2,1-3H3,(H2,24,25,26,27)/t15-,31?/m1/s1. The van der Waals surface area contributed by atoms with E-state index < -0.39 is 9.73 Å². The van der Waals surface area contributed by atoms with Gasteiger partial charge in [-0.25, -0.2) is 14.0 Å².